The van der Waals surface area contributed by atoms with E-state index in [9.17, 15) is 9.59 Å². The first-order valence-corrected chi connectivity index (χ1v) is 11.0. The summed E-state index contributed by atoms with van der Waals surface area (Å²) in [6.45, 7) is 5.42. The van der Waals surface area contributed by atoms with Crippen LogP contribution < -0.4 is 0 Å². The number of unbranched alkanes of at least 4 members (excludes halogenated alkanes) is 11. The van der Waals surface area contributed by atoms with Crippen molar-refractivity contribution in [1.29, 1.82) is 0 Å². The molecule has 0 spiro atoms. The molecule has 0 radical (unpaired) electrons. The van der Waals surface area contributed by atoms with Crippen LogP contribution in [0.3, 0.4) is 0 Å². The molecule has 0 saturated heterocycles. The lowest BCUT2D eigenvalue weighted by atomic mass is 10.1. The smallest absolute Gasteiger partial charge is 0.305 e. The number of carbonyl (C=O) groups is 2. The van der Waals surface area contributed by atoms with Crippen LogP contribution in [0.5, 0.6) is 0 Å². The van der Waals surface area contributed by atoms with Gasteiger partial charge in [-0.15, -0.1) is 0 Å². The van der Waals surface area contributed by atoms with Crippen LogP contribution in [-0.4, -0.2) is 25.2 Å². The molecule has 0 saturated carbocycles. The van der Waals surface area contributed by atoms with E-state index >= 15 is 0 Å². The molecule has 0 N–H and O–H groups in total. The van der Waals surface area contributed by atoms with E-state index in [-0.39, 0.29) is 11.9 Å². The molecule has 0 aliphatic heterocycles. The van der Waals surface area contributed by atoms with Crippen molar-refractivity contribution in [3.8, 4) is 0 Å². The molecule has 0 aromatic heterocycles. The Balaban J connectivity index is 3.25. The molecule has 0 rings (SSSR count). The number of esters is 2. The fraction of sp³-hybridized carbons (Fsp3) is 0.909. The minimum absolute atomic E-state index is 0.0608. The highest BCUT2D eigenvalue weighted by atomic mass is 16.5. The Morgan fingerprint density at radius 3 is 1.23 bits per heavy atom. The van der Waals surface area contributed by atoms with Crippen molar-refractivity contribution in [3.05, 3.63) is 0 Å². The largest absolute Gasteiger partial charge is 0.466 e. The SMILES string of the molecule is CCCCCCCC(=O)OCCCCCCOC(=O)CCCCCCC. The van der Waals surface area contributed by atoms with E-state index in [0.29, 0.717) is 26.1 Å². The molecular formula is C22H42O4. The number of carbonyl (C=O) groups excluding carboxylic acids is 2. The Labute approximate surface area is 161 Å². The van der Waals surface area contributed by atoms with Gasteiger partial charge in [-0.05, 0) is 38.5 Å². The predicted molar refractivity (Wildman–Crippen MR) is 107 cm³/mol. The Morgan fingerprint density at radius 1 is 0.500 bits per heavy atom. The van der Waals surface area contributed by atoms with Crippen LogP contribution in [0.25, 0.3) is 0 Å². The molecule has 26 heavy (non-hydrogen) atoms. The van der Waals surface area contributed by atoms with Gasteiger partial charge in [0.15, 0.2) is 0 Å². The van der Waals surface area contributed by atoms with Gasteiger partial charge in [0.05, 0.1) is 13.2 Å². The van der Waals surface area contributed by atoms with E-state index in [0.717, 1.165) is 51.4 Å². The van der Waals surface area contributed by atoms with Gasteiger partial charge < -0.3 is 9.47 Å². The summed E-state index contributed by atoms with van der Waals surface area (Å²) in [5, 5.41) is 0. The molecule has 0 amide bonds. The van der Waals surface area contributed by atoms with Gasteiger partial charge in [0.25, 0.3) is 0 Å². The summed E-state index contributed by atoms with van der Waals surface area (Å²) in [5.74, 6) is -0.122. The maximum atomic E-state index is 11.6. The van der Waals surface area contributed by atoms with E-state index in [4.69, 9.17) is 9.47 Å². The van der Waals surface area contributed by atoms with Gasteiger partial charge in [0.2, 0.25) is 0 Å². The first-order valence-electron chi connectivity index (χ1n) is 11.0. The van der Waals surface area contributed by atoms with Gasteiger partial charge in [0, 0.05) is 12.8 Å². The average Bonchev–Trinajstić information content (AvgIpc) is 2.63. The Kier molecular flexibility index (Phi) is 19.4. The summed E-state index contributed by atoms with van der Waals surface area (Å²) in [6.07, 6.45) is 16.5. The van der Waals surface area contributed by atoms with Crippen molar-refractivity contribution in [2.45, 2.75) is 117 Å². The number of hydrogen-bond acceptors (Lipinski definition) is 4. The van der Waals surface area contributed by atoms with Crippen molar-refractivity contribution in [2.75, 3.05) is 13.2 Å². The minimum atomic E-state index is -0.0608. The van der Waals surface area contributed by atoms with E-state index < -0.39 is 0 Å². The minimum Gasteiger partial charge on any atom is -0.466 e. The van der Waals surface area contributed by atoms with Crippen LogP contribution in [-0.2, 0) is 19.1 Å². The molecule has 0 fully saturated rings. The predicted octanol–water partition coefficient (Wildman–Crippen LogP) is 6.35. The highest BCUT2D eigenvalue weighted by molar-refractivity contribution is 5.69. The molecule has 0 atom stereocenters. The maximum absolute atomic E-state index is 11.6. The summed E-state index contributed by atoms with van der Waals surface area (Å²) in [4.78, 5) is 23.1. The standard InChI is InChI=1S/C22H42O4/c1-3-5-7-9-13-17-21(23)25-19-15-11-12-16-20-26-22(24)18-14-10-8-6-4-2/h3-20H2,1-2H3. The quantitative estimate of drug-likeness (QED) is 0.196. The third-order valence-corrected chi connectivity index (χ3v) is 4.53. The van der Waals surface area contributed by atoms with E-state index in [1.54, 1.807) is 0 Å². The maximum Gasteiger partial charge on any atom is 0.305 e. The van der Waals surface area contributed by atoms with Crippen molar-refractivity contribution < 1.29 is 19.1 Å². The lowest BCUT2D eigenvalue weighted by molar-refractivity contribution is -0.145. The van der Waals surface area contributed by atoms with Gasteiger partial charge >= 0.3 is 11.9 Å². The third kappa shape index (κ3) is 19.3. The fourth-order valence-electron chi connectivity index (χ4n) is 2.82. The number of hydrogen-bond donors (Lipinski definition) is 0. The molecule has 0 aliphatic carbocycles. The monoisotopic (exact) mass is 370 g/mol. The zero-order chi connectivity index (χ0) is 19.3. The highest BCUT2D eigenvalue weighted by Gasteiger charge is 2.04. The van der Waals surface area contributed by atoms with Crippen molar-refractivity contribution in [2.24, 2.45) is 0 Å². The Bertz CT molecular complexity index is 296. The van der Waals surface area contributed by atoms with Gasteiger partial charge in [-0.1, -0.05) is 65.2 Å². The summed E-state index contributed by atoms with van der Waals surface area (Å²) in [7, 11) is 0. The van der Waals surface area contributed by atoms with Crippen LogP contribution in [0, 0.1) is 0 Å². The van der Waals surface area contributed by atoms with Crippen LogP contribution in [0.4, 0.5) is 0 Å². The van der Waals surface area contributed by atoms with Crippen molar-refractivity contribution in [1.82, 2.24) is 0 Å². The van der Waals surface area contributed by atoms with Gasteiger partial charge in [-0.2, -0.15) is 0 Å². The van der Waals surface area contributed by atoms with Gasteiger partial charge in [0.1, 0.15) is 0 Å². The van der Waals surface area contributed by atoms with E-state index in [1.165, 1.54) is 38.5 Å². The van der Waals surface area contributed by atoms with Gasteiger partial charge in [-0.25, -0.2) is 0 Å². The second-order valence-electron chi connectivity index (χ2n) is 7.18. The second-order valence-corrected chi connectivity index (χ2v) is 7.18. The summed E-state index contributed by atoms with van der Waals surface area (Å²) < 4.78 is 10.5. The first-order chi connectivity index (χ1) is 12.7. The number of ether oxygens (including phenoxy) is 2. The number of rotatable bonds is 19. The van der Waals surface area contributed by atoms with Crippen LogP contribution in [0.1, 0.15) is 117 Å². The summed E-state index contributed by atoms with van der Waals surface area (Å²) >= 11 is 0. The molecule has 154 valence electrons. The zero-order valence-corrected chi connectivity index (χ0v) is 17.4. The molecule has 0 aliphatic rings. The lowest BCUT2D eigenvalue weighted by Gasteiger charge is -2.06. The average molecular weight is 371 g/mol. The Hall–Kier alpha value is -1.06. The van der Waals surface area contributed by atoms with Gasteiger partial charge in [-0.3, -0.25) is 9.59 Å². The fourth-order valence-corrected chi connectivity index (χ4v) is 2.82. The lowest BCUT2D eigenvalue weighted by Crippen LogP contribution is -2.07. The normalized spacial score (nSPS) is 10.7. The summed E-state index contributed by atoms with van der Waals surface area (Å²) in [6, 6.07) is 0. The molecule has 4 heteroatoms. The van der Waals surface area contributed by atoms with Crippen molar-refractivity contribution in [3.63, 3.8) is 0 Å². The topological polar surface area (TPSA) is 52.6 Å². The van der Waals surface area contributed by atoms with Crippen LogP contribution >= 0.6 is 0 Å². The third-order valence-electron chi connectivity index (χ3n) is 4.53. The molecule has 0 aromatic carbocycles. The molecule has 0 unspecified atom stereocenters. The summed E-state index contributed by atoms with van der Waals surface area (Å²) in [5.41, 5.74) is 0. The van der Waals surface area contributed by atoms with E-state index in [2.05, 4.69) is 13.8 Å². The second kappa shape index (κ2) is 20.3. The molecular weight excluding hydrogens is 328 g/mol. The Morgan fingerprint density at radius 2 is 0.846 bits per heavy atom. The molecule has 0 aromatic rings. The first kappa shape index (κ1) is 24.9. The zero-order valence-electron chi connectivity index (χ0n) is 17.4. The van der Waals surface area contributed by atoms with Crippen LogP contribution in [0.15, 0.2) is 0 Å². The molecule has 0 heterocycles. The van der Waals surface area contributed by atoms with Crippen LogP contribution in [0.2, 0.25) is 0 Å². The van der Waals surface area contributed by atoms with E-state index in [1.807, 2.05) is 0 Å². The highest BCUT2D eigenvalue weighted by Crippen LogP contribution is 2.08. The molecule has 0 bridgehead atoms. The van der Waals surface area contributed by atoms with Crippen molar-refractivity contribution >= 4 is 11.9 Å². The molecule has 4 nitrogen and oxygen atoms in total.